The van der Waals surface area contributed by atoms with E-state index >= 15 is 0 Å². The van der Waals surface area contributed by atoms with E-state index < -0.39 is 23.2 Å². The fraction of sp³-hybridized carbons (Fsp3) is 0. The number of nitrogens with zero attached hydrogens (tertiary/aromatic N) is 1. The number of carbonyl (C=O) groups excluding carboxylic acids is 1. The number of aromatic nitrogens is 1. The molecule has 5 nitrogen and oxygen atoms in total. The summed E-state index contributed by atoms with van der Waals surface area (Å²) >= 11 is 2.95. The quantitative estimate of drug-likeness (QED) is 0.591. The number of anilines is 2. The van der Waals surface area contributed by atoms with Crippen LogP contribution in [0, 0.1) is 11.6 Å². The topological polar surface area (TPSA) is 80.0 Å². The van der Waals surface area contributed by atoms with Crippen molar-refractivity contribution in [2.75, 3.05) is 10.7 Å². The van der Waals surface area contributed by atoms with Gasteiger partial charge >= 0.3 is 0 Å². The average molecular weight is 343 g/mol. The van der Waals surface area contributed by atoms with Gasteiger partial charge in [0.25, 0.3) is 5.91 Å². The second-order valence-corrected chi connectivity index (χ2v) is 4.68. The molecule has 0 bridgehead atoms. The molecule has 20 heavy (non-hydrogen) atoms. The predicted octanol–water partition coefficient (Wildman–Crippen LogP) is 2.66. The lowest BCUT2D eigenvalue weighted by Crippen LogP contribution is -2.18. The number of nitrogen functional groups attached to an aromatic ring is 1. The van der Waals surface area contributed by atoms with E-state index in [1.807, 2.05) is 0 Å². The first-order chi connectivity index (χ1) is 9.52. The molecular weight excluding hydrogens is 334 g/mol. The Morgan fingerprint density at radius 1 is 1.30 bits per heavy atom. The SMILES string of the molecule is NNc1cnccc1C(=O)Nc1c(F)cc(Br)cc1F. The van der Waals surface area contributed by atoms with E-state index in [1.165, 1.54) is 18.5 Å². The molecule has 0 saturated heterocycles. The smallest absolute Gasteiger partial charge is 0.258 e. The minimum Gasteiger partial charge on any atom is -0.322 e. The summed E-state index contributed by atoms with van der Waals surface area (Å²) in [5.41, 5.74) is 2.11. The molecule has 0 atom stereocenters. The van der Waals surface area contributed by atoms with Crippen LogP contribution >= 0.6 is 15.9 Å². The third kappa shape index (κ3) is 2.91. The minimum absolute atomic E-state index is 0.115. The Kier molecular flexibility index (Phi) is 4.26. The minimum atomic E-state index is -0.887. The molecule has 1 aromatic carbocycles. The normalized spacial score (nSPS) is 10.2. The molecule has 0 unspecified atom stereocenters. The van der Waals surface area contributed by atoms with Crippen molar-refractivity contribution < 1.29 is 13.6 Å². The van der Waals surface area contributed by atoms with Gasteiger partial charge < -0.3 is 10.7 Å². The average Bonchev–Trinajstić information content (AvgIpc) is 2.42. The molecule has 0 aliphatic rings. The van der Waals surface area contributed by atoms with E-state index in [4.69, 9.17) is 5.84 Å². The van der Waals surface area contributed by atoms with Gasteiger partial charge in [0, 0.05) is 10.7 Å². The summed E-state index contributed by atoms with van der Waals surface area (Å²) in [6.07, 6.45) is 2.69. The van der Waals surface area contributed by atoms with Gasteiger partial charge in [0.15, 0.2) is 11.6 Å². The summed E-state index contributed by atoms with van der Waals surface area (Å²) in [7, 11) is 0. The van der Waals surface area contributed by atoms with E-state index in [0.717, 1.165) is 12.1 Å². The van der Waals surface area contributed by atoms with Crippen molar-refractivity contribution >= 4 is 33.2 Å². The Hall–Kier alpha value is -2.06. The predicted molar refractivity (Wildman–Crippen MR) is 74.1 cm³/mol. The van der Waals surface area contributed by atoms with Crippen LogP contribution in [0.4, 0.5) is 20.2 Å². The van der Waals surface area contributed by atoms with Crippen molar-refractivity contribution in [3.8, 4) is 0 Å². The van der Waals surface area contributed by atoms with Crippen LogP contribution in [0.1, 0.15) is 10.4 Å². The monoisotopic (exact) mass is 342 g/mol. The molecule has 8 heteroatoms. The Balaban J connectivity index is 2.33. The molecular formula is C12H9BrF2N4O. The lowest BCUT2D eigenvalue weighted by atomic mass is 10.2. The number of nitrogens with one attached hydrogen (secondary N) is 2. The van der Waals surface area contributed by atoms with Crippen molar-refractivity contribution in [1.29, 1.82) is 0 Å². The number of amides is 1. The van der Waals surface area contributed by atoms with Gasteiger partial charge in [-0.3, -0.25) is 15.6 Å². The van der Waals surface area contributed by atoms with Crippen LogP contribution in [-0.2, 0) is 0 Å². The number of halogens is 3. The molecule has 0 fully saturated rings. The third-order valence-electron chi connectivity index (χ3n) is 2.47. The zero-order chi connectivity index (χ0) is 14.7. The van der Waals surface area contributed by atoms with Crippen LogP contribution in [0.3, 0.4) is 0 Å². The maximum absolute atomic E-state index is 13.6. The second-order valence-electron chi connectivity index (χ2n) is 3.76. The third-order valence-corrected chi connectivity index (χ3v) is 2.92. The second kappa shape index (κ2) is 5.93. The van der Waals surface area contributed by atoms with Gasteiger partial charge in [0.05, 0.1) is 17.4 Å². The highest BCUT2D eigenvalue weighted by Crippen LogP contribution is 2.25. The summed E-state index contributed by atoms with van der Waals surface area (Å²) in [5, 5.41) is 2.16. The molecule has 1 heterocycles. The van der Waals surface area contributed by atoms with Crippen molar-refractivity contribution in [1.82, 2.24) is 4.98 Å². The summed E-state index contributed by atoms with van der Waals surface area (Å²) in [6.45, 7) is 0. The number of nitrogens with two attached hydrogens (primary N) is 1. The summed E-state index contributed by atoms with van der Waals surface area (Å²) in [6, 6.07) is 3.47. The number of benzene rings is 1. The van der Waals surface area contributed by atoms with Crippen LogP contribution in [-0.4, -0.2) is 10.9 Å². The van der Waals surface area contributed by atoms with Gasteiger partial charge in [0.2, 0.25) is 0 Å². The maximum Gasteiger partial charge on any atom is 0.258 e. The Labute approximate surface area is 121 Å². The lowest BCUT2D eigenvalue weighted by Gasteiger charge is -2.10. The fourth-order valence-corrected chi connectivity index (χ4v) is 1.95. The van der Waals surface area contributed by atoms with E-state index in [2.05, 4.69) is 31.7 Å². The molecule has 2 aromatic rings. The van der Waals surface area contributed by atoms with Crippen LogP contribution in [0.15, 0.2) is 35.1 Å². The first-order valence-corrected chi connectivity index (χ1v) is 6.18. The van der Waals surface area contributed by atoms with Crippen LogP contribution in [0.2, 0.25) is 0 Å². The number of pyridine rings is 1. The van der Waals surface area contributed by atoms with Crippen molar-refractivity contribution in [2.45, 2.75) is 0 Å². The van der Waals surface area contributed by atoms with Gasteiger partial charge in [0.1, 0.15) is 5.69 Å². The zero-order valence-electron chi connectivity index (χ0n) is 9.95. The Bertz CT molecular complexity index is 643. The van der Waals surface area contributed by atoms with Gasteiger partial charge in [-0.1, -0.05) is 15.9 Å². The maximum atomic E-state index is 13.6. The molecule has 1 aromatic heterocycles. The number of rotatable bonds is 3. The van der Waals surface area contributed by atoms with E-state index in [0.29, 0.717) is 0 Å². The van der Waals surface area contributed by atoms with Crippen molar-refractivity contribution in [2.24, 2.45) is 5.84 Å². The van der Waals surface area contributed by atoms with E-state index in [9.17, 15) is 13.6 Å². The van der Waals surface area contributed by atoms with Gasteiger partial charge in [-0.05, 0) is 18.2 Å². The molecule has 0 aliphatic carbocycles. The summed E-state index contributed by atoms with van der Waals surface area (Å²) < 4.78 is 27.5. The number of hydrogen-bond donors (Lipinski definition) is 3. The van der Waals surface area contributed by atoms with Crippen LogP contribution in [0.25, 0.3) is 0 Å². The molecule has 0 radical (unpaired) electrons. The van der Waals surface area contributed by atoms with Crippen LogP contribution in [0.5, 0.6) is 0 Å². The highest BCUT2D eigenvalue weighted by atomic mass is 79.9. The molecule has 104 valence electrons. The van der Waals surface area contributed by atoms with Gasteiger partial charge in [-0.25, -0.2) is 8.78 Å². The molecule has 4 N–H and O–H groups in total. The first kappa shape index (κ1) is 14.4. The molecule has 0 saturated carbocycles. The molecule has 0 spiro atoms. The Morgan fingerprint density at radius 2 is 1.95 bits per heavy atom. The van der Waals surface area contributed by atoms with Crippen molar-refractivity contribution in [3.05, 3.63) is 52.3 Å². The van der Waals surface area contributed by atoms with Gasteiger partial charge in [-0.15, -0.1) is 0 Å². The standard InChI is InChI=1S/C12H9BrF2N4O/c13-6-3-8(14)11(9(15)4-6)18-12(20)7-1-2-17-5-10(7)19-16/h1-5,19H,16H2,(H,18,20). The van der Waals surface area contributed by atoms with Crippen molar-refractivity contribution in [3.63, 3.8) is 0 Å². The van der Waals surface area contributed by atoms with Crippen LogP contribution < -0.4 is 16.6 Å². The number of hydrogen-bond acceptors (Lipinski definition) is 4. The zero-order valence-corrected chi connectivity index (χ0v) is 11.5. The highest BCUT2D eigenvalue weighted by molar-refractivity contribution is 9.10. The lowest BCUT2D eigenvalue weighted by molar-refractivity contribution is 0.102. The largest absolute Gasteiger partial charge is 0.322 e. The number of carbonyl (C=O) groups is 1. The molecule has 2 rings (SSSR count). The van der Waals surface area contributed by atoms with E-state index in [1.54, 1.807) is 0 Å². The summed E-state index contributed by atoms with van der Waals surface area (Å²) in [4.78, 5) is 15.8. The first-order valence-electron chi connectivity index (χ1n) is 5.39. The van der Waals surface area contributed by atoms with Gasteiger partial charge in [-0.2, -0.15) is 0 Å². The fourth-order valence-electron chi connectivity index (χ4n) is 1.55. The summed E-state index contributed by atoms with van der Waals surface area (Å²) in [5.74, 6) is 2.75. The Morgan fingerprint density at radius 3 is 2.55 bits per heavy atom. The molecule has 1 amide bonds. The molecule has 0 aliphatic heterocycles. The van der Waals surface area contributed by atoms with E-state index in [-0.39, 0.29) is 15.7 Å². The highest BCUT2D eigenvalue weighted by Gasteiger charge is 2.16. The number of hydrazine groups is 1.